The van der Waals surface area contributed by atoms with E-state index >= 15 is 0 Å². The summed E-state index contributed by atoms with van der Waals surface area (Å²) < 4.78 is 0. The number of nitrogens with zero attached hydrogens (tertiary/aromatic N) is 2. The summed E-state index contributed by atoms with van der Waals surface area (Å²) in [7, 11) is 0. The molecule has 0 aliphatic rings. The molecule has 0 saturated carbocycles. The number of aromatic nitrogens is 1. The van der Waals surface area contributed by atoms with Gasteiger partial charge in [0.05, 0.1) is 10.0 Å². The number of hydrogen-bond acceptors (Lipinski definition) is 3. The van der Waals surface area contributed by atoms with Crippen LogP contribution < -0.4 is 0 Å². The molecule has 1 aromatic rings. The molecular formula is C11H16Cl2N2S. The minimum atomic E-state index is 0.582. The van der Waals surface area contributed by atoms with Gasteiger partial charge in [-0.3, -0.25) is 0 Å². The van der Waals surface area contributed by atoms with Gasteiger partial charge in [0.25, 0.3) is 0 Å². The van der Waals surface area contributed by atoms with Crippen LogP contribution in [-0.4, -0.2) is 35.3 Å². The van der Waals surface area contributed by atoms with Crippen molar-refractivity contribution >= 4 is 35.0 Å². The zero-order valence-electron chi connectivity index (χ0n) is 9.54. The summed E-state index contributed by atoms with van der Waals surface area (Å²) in [5, 5.41) is 2.08. The van der Waals surface area contributed by atoms with Crippen LogP contribution in [0.2, 0.25) is 10.0 Å². The van der Waals surface area contributed by atoms with Crippen LogP contribution in [0, 0.1) is 0 Å². The zero-order chi connectivity index (χ0) is 12.0. The fourth-order valence-electron chi connectivity index (χ4n) is 1.32. The quantitative estimate of drug-likeness (QED) is 0.736. The molecule has 0 aromatic carbocycles. The van der Waals surface area contributed by atoms with Gasteiger partial charge in [-0.15, -0.1) is 11.8 Å². The lowest BCUT2D eigenvalue weighted by molar-refractivity contribution is 0.324. The van der Waals surface area contributed by atoms with E-state index in [2.05, 4.69) is 23.7 Å². The maximum Gasteiger partial charge on any atom is 0.115 e. The maximum absolute atomic E-state index is 6.03. The Morgan fingerprint density at radius 1 is 1.31 bits per heavy atom. The summed E-state index contributed by atoms with van der Waals surface area (Å²) in [6.07, 6.45) is 1.63. The molecule has 0 aliphatic carbocycles. The molecule has 5 heteroatoms. The topological polar surface area (TPSA) is 16.1 Å². The van der Waals surface area contributed by atoms with Crippen molar-refractivity contribution in [2.24, 2.45) is 0 Å². The van der Waals surface area contributed by atoms with Gasteiger partial charge in [-0.05, 0) is 19.2 Å². The van der Waals surface area contributed by atoms with Crippen molar-refractivity contribution in [2.45, 2.75) is 18.9 Å². The lowest BCUT2D eigenvalue weighted by Crippen LogP contribution is -2.25. The Kier molecular flexibility index (Phi) is 6.51. The second kappa shape index (κ2) is 7.38. The van der Waals surface area contributed by atoms with Crippen molar-refractivity contribution in [2.75, 3.05) is 25.4 Å². The molecule has 0 spiro atoms. The molecule has 1 heterocycles. The smallest absolute Gasteiger partial charge is 0.115 e. The Morgan fingerprint density at radius 3 is 2.56 bits per heavy atom. The van der Waals surface area contributed by atoms with Crippen molar-refractivity contribution in [1.82, 2.24) is 9.88 Å². The van der Waals surface area contributed by atoms with E-state index in [1.165, 1.54) is 0 Å². The van der Waals surface area contributed by atoms with Crippen LogP contribution >= 0.6 is 35.0 Å². The summed E-state index contributed by atoms with van der Waals surface area (Å²) in [4.78, 5) is 6.58. The molecule has 0 radical (unpaired) electrons. The molecule has 1 rings (SSSR count). The third-order valence-electron chi connectivity index (χ3n) is 2.31. The van der Waals surface area contributed by atoms with E-state index in [1.807, 2.05) is 0 Å². The average molecular weight is 279 g/mol. The monoisotopic (exact) mass is 278 g/mol. The van der Waals surface area contributed by atoms with Gasteiger partial charge in [-0.1, -0.05) is 37.0 Å². The van der Waals surface area contributed by atoms with Crippen LogP contribution in [0.3, 0.4) is 0 Å². The van der Waals surface area contributed by atoms with Gasteiger partial charge in [0, 0.05) is 18.5 Å². The van der Waals surface area contributed by atoms with Gasteiger partial charge in [-0.25, -0.2) is 4.98 Å². The summed E-state index contributed by atoms with van der Waals surface area (Å²) in [5.41, 5.74) is 0. The van der Waals surface area contributed by atoms with E-state index < -0.39 is 0 Å². The molecule has 0 bridgehead atoms. The Labute approximate surface area is 111 Å². The predicted octanol–water partition coefficient (Wildman–Crippen LogP) is 3.82. The highest BCUT2D eigenvalue weighted by atomic mass is 35.5. The van der Waals surface area contributed by atoms with Crippen LogP contribution in [0.5, 0.6) is 0 Å². The molecule has 2 nitrogen and oxygen atoms in total. The minimum Gasteiger partial charge on any atom is -0.303 e. The zero-order valence-corrected chi connectivity index (χ0v) is 11.9. The van der Waals surface area contributed by atoms with Crippen LogP contribution in [0.1, 0.15) is 13.8 Å². The molecule has 0 saturated heterocycles. The summed E-state index contributed by atoms with van der Waals surface area (Å²) >= 11 is 13.5. The first-order chi connectivity index (χ1) is 7.67. The number of halogens is 2. The number of hydrogen-bond donors (Lipinski definition) is 0. The van der Waals surface area contributed by atoms with E-state index in [0.717, 1.165) is 30.4 Å². The third kappa shape index (κ3) is 4.50. The highest BCUT2D eigenvalue weighted by Gasteiger charge is 2.05. The van der Waals surface area contributed by atoms with Crippen molar-refractivity contribution < 1.29 is 0 Å². The van der Waals surface area contributed by atoms with Gasteiger partial charge in [-0.2, -0.15) is 0 Å². The molecule has 0 aliphatic heterocycles. The van der Waals surface area contributed by atoms with Crippen LogP contribution in [0.15, 0.2) is 17.3 Å². The molecule has 0 amide bonds. The summed E-state index contributed by atoms with van der Waals surface area (Å²) in [6.45, 7) is 7.55. The molecule has 90 valence electrons. The molecule has 0 atom stereocenters. The number of pyridine rings is 1. The first-order valence-electron chi connectivity index (χ1n) is 5.33. The van der Waals surface area contributed by atoms with Gasteiger partial charge in [0.1, 0.15) is 5.03 Å². The lowest BCUT2D eigenvalue weighted by Gasteiger charge is -2.17. The molecule has 0 N–H and O–H groups in total. The molecule has 0 unspecified atom stereocenters. The standard InChI is InChI=1S/C11H16Cl2N2S/c1-3-15(4-2)5-6-16-11-10(13)7-9(12)8-14-11/h7-8H,3-6H2,1-2H3. The van der Waals surface area contributed by atoms with Gasteiger partial charge < -0.3 is 4.90 Å². The SMILES string of the molecule is CCN(CC)CCSc1ncc(Cl)cc1Cl. The summed E-state index contributed by atoms with van der Waals surface area (Å²) in [6, 6.07) is 1.73. The second-order valence-corrected chi connectivity index (χ2v) is 5.24. The number of thioether (sulfide) groups is 1. The number of rotatable bonds is 6. The van der Waals surface area contributed by atoms with E-state index in [-0.39, 0.29) is 0 Å². The Bertz CT molecular complexity index is 330. The lowest BCUT2D eigenvalue weighted by atomic mass is 10.5. The normalized spacial score (nSPS) is 11.1. The highest BCUT2D eigenvalue weighted by molar-refractivity contribution is 7.99. The van der Waals surface area contributed by atoms with Crippen LogP contribution in [0.25, 0.3) is 0 Å². The van der Waals surface area contributed by atoms with Crippen molar-refractivity contribution in [3.63, 3.8) is 0 Å². The predicted molar refractivity (Wildman–Crippen MR) is 72.8 cm³/mol. The first-order valence-corrected chi connectivity index (χ1v) is 7.07. The molecule has 16 heavy (non-hydrogen) atoms. The molecule has 0 fully saturated rings. The largest absolute Gasteiger partial charge is 0.303 e. The van der Waals surface area contributed by atoms with Crippen molar-refractivity contribution in [3.8, 4) is 0 Å². The molecule has 1 aromatic heterocycles. The van der Waals surface area contributed by atoms with Crippen molar-refractivity contribution in [3.05, 3.63) is 22.3 Å². The van der Waals surface area contributed by atoms with Crippen LogP contribution in [0.4, 0.5) is 0 Å². The summed E-state index contributed by atoms with van der Waals surface area (Å²) in [5.74, 6) is 0.996. The Hall–Kier alpha value is 0.0400. The van der Waals surface area contributed by atoms with E-state index in [0.29, 0.717) is 10.0 Å². The maximum atomic E-state index is 6.03. The highest BCUT2D eigenvalue weighted by Crippen LogP contribution is 2.26. The van der Waals surface area contributed by atoms with Gasteiger partial charge in [0.2, 0.25) is 0 Å². The minimum absolute atomic E-state index is 0.582. The third-order valence-corrected chi connectivity index (χ3v) is 3.91. The molecular weight excluding hydrogens is 263 g/mol. The second-order valence-electron chi connectivity index (χ2n) is 3.32. The van der Waals surface area contributed by atoms with Gasteiger partial charge >= 0.3 is 0 Å². The van der Waals surface area contributed by atoms with Crippen LogP contribution in [-0.2, 0) is 0 Å². The Morgan fingerprint density at radius 2 is 2.00 bits per heavy atom. The van der Waals surface area contributed by atoms with Crippen molar-refractivity contribution in [1.29, 1.82) is 0 Å². The Balaban J connectivity index is 2.42. The first kappa shape index (κ1) is 14.1. The van der Waals surface area contributed by atoms with Gasteiger partial charge in [0.15, 0.2) is 0 Å². The van der Waals surface area contributed by atoms with E-state index in [9.17, 15) is 0 Å². The fourth-order valence-corrected chi connectivity index (χ4v) is 2.73. The average Bonchev–Trinajstić information content (AvgIpc) is 2.27. The van der Waals surface area contributed by atoms with E-state index in [4.69, 9.17) is 23.2 Å². The fraction of sp³-hybridized carbons (Fsp3) is 0.545. The van der Waals surface area contributed by atoms with E-state index in [1.54, 1.807) is 24.0 Å².